The highest BCUT2D eigenvalue weighted by Gasteiger charge is 2.41. The Bertz CT molecular complexity index is 808. The van der Waals surface area contributed by atoms with Crippen molar-refractivity contribution in [3.63, 3.8) is 0 Å². The zero-order chi connectivity index (χ0) is 17.3. The van der Waals surface area contributed by atoms with Crippen LogP contribution in [0.1, 0.15) is 22.1 Å². The lowest BCUT2D eigenvalue weighted by Gasteiger charge is -2.26. The average molecular weight is 327 g/mol. The lowest BCUT2D eigenvalue weighted by molar-refractivity contribution is -0.385. The smallest absolute Gasteiger partial charge is 0.269 e. The van der Waals surface area contributed by atoms with Crippen LogP contribution in [0.2, 0.25) is 0 Å². The minimum atomic E-state index is -1.11. The summed E-state index contributed by atoms with van der Waals surface area (Å²) >= 11 is 0. The molecule has 1 heterocycles. The largest absolute Gasteiger partial charge is 0.302 e. The number of hydrogen-bond donors (Lipinski definition) is 1. The van der Waals surface area contributed by atoms with Crippen LogP contribution in [0.25, 0.3) is 0 Å². The van der Waals surface area contributed by atoms with Crippen LogP contribution in [-0.4, -0.2) is 38.5 Å². The second-order valence-electron chi connectivity index (χ2n) is 5.26. The Balaban J connectivity index is 2.00. The molecule has 1 saturated heterocycles. The predicted molar refractivity (Wildman–Crippen MR) is 81.9 cm³/mol. The van der Waals surface area contributed by atoms with Crippen molar-refractivity contribution in [2.75, 3.05) is 6.54 Å². The third kappa shape index (κ3) is 2.70. The minimum absolute atomic E-state index is 0.188. The van der Waals surface area contributed by atoms with Gasteiger partial charge in [0.1, 0.15) is 6.54 Å². The fraction of sp³-hybridized carbons (Fsp3) is 0.125. The molecule has 2 aromatic carbocycles. The Morgan fingerprint density at radius 2 is 1.88 bits per heavy atom. The fourth-order valence-corrected chi connectivity index (χ4v) is 2.62. The van der Waals surface area contributed by atoms with Crippen LogP contribution in [0.4, 0.5) is 5.69 Å². The van der Waals surface area contributed by atoms with Gasteiger partial charge in [-0.1, -0.05) is 30.3 Å². The maximum atomic E-state index is 12.6. The SMILES string of the molecule is O=C1CN(C(=O)c2ccccc2)C(c2cccc([N+](=O)[O-])c2)N1O. The average Bonchev–Trinajstić information content (AvgIpc) is 2.90. The maximum Gasteiger partial charge on any atom is 0.269 e. The van der Waals surface area contributed by atoms with E-state index in [9.17, 15) is 24.9 Å². The number of amides is 2. The lowest BCUT2D eigenvalue weighted by Crippen LogP contribution is -2.34. The van der Waals surface area contributed by atoms with Gasteiger partial charge in [0.05, 0.1) is 4.92 Å². The van der Waals surface area contributed by atoms with E-state index in [0.29, 0.717) is 10.6 Å². The van der Waals surface area contributed by atoms with Gasteiger partial charge < -0.3 is 4.90 Å². The lowest BCUT2D eigenvalue weighted by atomic mass is 10.1. The Kier molecular flexibility index (Phi) is 3.97. The van der Waals surface area contributed by atoms with Crippen LogP contribution in [-0.2, 0) is 4.79 Å². The monoisotopic (exact) mass is 327 g/mol. The molecule has 2 amide bonds. The second kappa shape index (κ2) is 6.09. The molecule has 24 heavy (non-hydrogen) atoms. The molecule has 1 atom stereocenters. The van der Waals surface area contributed by atoms with Crippen LogP contribution in [0.3, 0.4) is 0 Å². The van der Waals surface area contributed by atoms with Crippen molar-refractivity contribution >= 4 is 17.5 Å². The fourth-order valence-electron chi connectivity index (χ4n) is 2.62. The molecule has 1 fully saturated rings. The first-order valence-electron chi connectivity index (χ1n) is 7.10. The van der Waals surface area contributed by atoms with Crippen molar-refractivity contribution in [2.45, 2.75) is 6.17 Å². The highest BCUT2D eigenvalue weighted by Crippen LogP contribution is 2.32. The summed E-state index contributed by atoms with van der Waals surface area (Å²) in [7, 11) is 0. The van der Waals surface area contributed by atoms with E-state index < -0.39 is 22.9 Å². The molecule has 0 bridgehead atoms. The molecule has 0 aliphatic carbocycles. The molecule has 122 valence electrons. The molecule has 3 rings (SSSR count). The van der Waals surface area contributed by atoms with Gasteiger partial charge in [0.25, 0.3) is 17.5 Å². The van der Waals surface area contributed by atoms with Crippen LogP contribution >= 0.6 is 0 Å². The number of hydroxylamine groups is 2. The summed E-state index contributed by atoms with van der Waals surface area (Å²) in [6.45, 7) is -0.308. The number of carbonyl (C=O) groups is 2. The van der Waals surface area contributed by atoms with Gasteiger partial charge in [0.2, 0.25) is 0 Å². The first-order chi connectivity index (χ1) is 11.5. The van der Waals surface area contributed by atoms with Crippen molar-refractivity contribution in [1.82, 2.24) is 9.96 Å². The summed E-state index contributed by atoms with van der Waals surface area (Å²) in [6, 6.07) is 13.8. The van der Waals surface area contributed by atoms with Gasteiger partial charge in [-0.2, -0.15) is 5.06 Å². The van der Waals surface area contributed by atoms with E-state index in [1.807, 2.05) is 0 Å². The highest BCUT2D eigenvalue weighted by molar-refractivity contribution is 5.98. The second-order valence-corrected chi connectivity index (χ2v) is 5.26. The maximum absolute atomic E-state index is 12.6. The van der Waals surface area contributed by atoms with Gasteiger partial charge in [0.15, 0.2) is 6.17 Å². The Hall–Kier alpha value is -3.26. The first-order valence-corrected chi connectivity index (χ1v) is 7.10. The first kappa shape index (κ1) is 15.6. The molecule has 0 radical (unpaired) electrons. The van der Waals surface area contributed by atoms with Gasteiger partial charge in [0, 0.05) is 23.3 Å². The van der Waals surface area contributed by atoms with Gasteiger partial charge in [-0.15, -0.1) is 0 Å². The number of benzene rings is 2. The van der Waals surface area contributed by atoms with Gasteiger partial charge in [-0.3, -0.25) is 24.9 Å². The number of nitro benzene ring substituents is 1. The summed E-state index contributed by atoms with van der Waals surface area (Å²) in [5, 5.41) is 21.4. The Labute approximate surface area is 136 Å². The van der Waals surface area contributed by atoms with Gasteiger partial charge in [-0.05, 0) is 12.1 Å². The number of nitrogens with zero attached hydrogens (tertiary/aromatic N) is 3. The number of carbonyl (C=O) groups excluding carboxylic acids is 2. The summed E-state index contributed by atoms with van der Waals surface area (Å²) < 4.78 is 0. The van der Waals surface area contributed by atoms with Gasteiger partial charge in [-0.25, -0.2) is 0 Å². The number of nitro groups is 1. The quantitative estimate of drug-likeness (QED) is 0.527. The normalized spacial score (nSPS) is 17.2. The molecule has 1 unspecified atom stereocenters. The topological polar surface area (TPSA) is 104 Å². The summed E-state index contributed by atoms with van der Waals surface area (Å²) in [5.41, 5.74) is 0.449. The van der Waals surface area contributed by atoms with Crippen molar-refractivity contribution < 1.29 is 19.7 Å². The molecular formula is C16H13N3O5. The molecule has 8 heteroatoms. The predicted octanol–water partition coefficient (Wildman–Crippen LogP) is 1.97. The molecule has 1 aliphatic heterocycles. The number of hydrogen-bond acceptors (Lipinski definition) is 5. The molecule has 1 aliphatic rings. The van der Waals surface area contributed by atoms with Crippen LogP contribution in [0, 0.1) is 10.1 Å². The van der Waals surface area contributed by atoms with E-state index in [1.165, 1.54) is 29.2 Å². The van der Waals surface area contributed by atoms with E-state index in [2.05, 4.69) is 0 Å². The molecule has 0 spiro atoms. The summed E-state index contributed by atoms with van der Waals surface area (Å²) in [5.74, 6) is -1.10. The van der Waals surface area contributed by atoms with Crippen molar-refractivity contribution in [1.29, 1.82) is 0 Å². The molecule has 8 nitrogen and oxygen atoms in total. The molecular weight excluding hydrogens is 314 g/mol. The molecule has 0 saturated carbocycles. The van der Waals surface area contributed by atoms with E-state index in [-0.39, 0.29) is 17.8 Å². The zero-order valence-corrected chi connectivity index (χ0v) is 12.4. The minimum Gasteiger partial charge on any atom is -0.302 e. The highest BCUT2D eigenvalue weighted by atomic mass is 16.6. The summed E-state index contributed by atoms with van der Waals surface area (Å²) in [6.07, 6.45) is -1.11. The van der Waals surface area contributed by atoms with Crippen molar-refractivity contribution in [3.05, 3.63) is 75.8 Å². The zero-order valence-electron chi connectivity index (χ0n) is 12.4. The Morgan fingerprint density at radius 3 is 2.54 bits per heavy atom. The Morgan fingerprint density at radius 1 is 1.17 bits per heavy atom. The standard InChI is InChI=1S/C16H13N3O5/c20-14-10-17(16(21)11-5-2-1-3-6-11)15(18(14)22)12-7-4-8-13(9-12)19(23)24/h1-9,15,22H,10H2. The molecule has 2 aromatic rings. The number of rotatable bonds is 3. The van der Waals surface area contributed by atoms with E-state index in [0.717, 1.165) is 0 Å². The molecule has 0 aromatic heterocycles. The van der Waals surface area contributed by atoms with Gasteiger partial charge >= 0.3 is 0 Å². The van der Waals surface area contributed by atoms with Crippen LogP contribution in [0.15, 0.2) is 54.6 Å². The third-order valence-electron chi connectivity index (χ3n) is 3.75. The van der Waals surface area contributed by atoms with Crippen molar-refractivity contribution in [2.24, 2.45) is 0 Å². The van der Waals surface area contributed by atoms with E-state index in [4.69, 9.17) is 0 Å². The number of non-ortho nitro benzene ring substituents is 1. The van der Waals surface area contributed by atoms with E-state index in [1.54, 1.807) is 30.3 Å². The summed E-state index contributed by atoms with van der Waals surface area (Å²) in [4.78, 5) is 36.0. The third-order valence-corrected chi connectivity index (χ3v) is 3.75. The van der Waals surface area contributed by atoms with Crippen LogP contribution in [0.5, 0.6) is 0 Å². The van der Waals surface area contributed by atoms with E-state index >= 15 is 0 Å². The van der Waals surface area contributed by atoms with Crippen molar-refractivity contribution in [3.8, 4) is 0 Å². The van der Waals surface area contributed by atoms with Crippen LogP contribution < -0.4 is 0 Å². The molecule has 1 N–H and O–H groups in total.